The van der Waals surface area contributed by atoms with E-state index in [-0.39, 0.29) is 5.91 Å². The highest BCUT2D eigenvalue weighted by molar-refractivity contribution is 5.94. The zero-order valence-corrected chi connectivity index (χ0v) is 14.3. The third-order valence-electron chi connectivity index (χ3n) is 5.14. The molecule has 0 atom stereocenters. The first-order chi connectivity index (χ1) is 12.3. The summed E-state index contributed by atoms with van der Waals surface area (Å²) in [6.45, 7) is 3.94. The number of piperidine rings is 1. The minimum absolute atomic E-state index is 0.0589. The highest BCUT2D eigenvalue weighted by atomic mass is 16.5. The van der Waals surface area contributed by atoms with Gasteiger partial charge in [0.2, 0.25) is 0 Å². The molecule has 0 radical (unpaired) electrons. The fraction of sp³-hybridized carbons (Fsp3) is 0.474. The van der Waals surface area contributed by atoms with Crippen molar-refractivity contribution in [3.8, 4) is 5.75 Å². The minimum atomic E-state index is 0.0589. The van der Waals surface area contributed by atoms with Crippen molar-refractivity contribution in [2.45, 2.75) is 25.8 Å². The molecule has 0 spiro atoms. The lowest BCUT2D eigenvalue weighted by molar-refractivity contribution is 0.0654. The molecule has 1 aromatic carbocycles. The van der Waals surface area contributed by atoms with Gasteiger partial charge in [0.15, 0.2) is 5.69 Å². The number of amides is 1. The monoisotopic (exact) mass is 340 g/mol. The van der Waals surface area contributed by atoms with Crippen LogP contribution in [0.5, 0.6) is 5.75 Å². The van der Waals surface area contributed by atoms with Crippen LogP contribution in [0.3, 0.4) is 0 Å². The van der Waals surface area contributed by atoms with Gasteiger partial charge in [-0.3, -0.25) is 9.89 Å². The van der Waals surface area contributed by atoms with Crippen LogP contribution in [0.25, 0.3) is 0 Å². The zero-order valence-electron chi connectivity index (χ0n) is 14.3. The van der Waals surface area contributed by atoms with Crippen LogP contribution in [-0.4, -0.2) is 47.2 Å². The van der Waals surface area contributed by atoms with E-state index in [1.807, 2.05) is 35.2 Å². The largest absolute Gasteiger partial charge is 0.493 e. The molecule has 1 fully saturated rings. The van der Waals surface area contributed by atoms with E-state index in [1.165, 1.54) is 0 Å². The summed E-state index contributed by atoms with van der Waals surface area (Å²) in [7, 11) is 0. The van der Waals surface area contributed by atoms with E-state index >= 15 is 0 Å². The molecule has 1 amide bonds. The Labute approximate surface area is 147 Å². The van der Waals surface area contributed by atoms with Crippen molar-refractivity contribution < 1.29 is 9.53 Å². The van der Waals surface area contributed by atoms with Gasteiger partial charge in [0.05, 0.1) is 6.61 Å². The maximum Gasteiger partial charge on any atom is 0.274 e. The summed E-state index contributed by atoms with van der Waals surface area (Å²) in [5.74, 6) is 1.47. The van der Waals surface area contributed by atoms with Crippen molar-refractivity contribution in [1.29, 1.82) is 0 Å². The summed E-state index contributed by atoms with van der Waals surface area (Å²) >= 11 is 0. The summed E-state index contributed by atoms with van der Waals surface area (Å²) in [6.07, 6.45) is 2.86. The number of hydrogen-bond donors (Lipinski definition) is 2. The van der Waals surface area contributed by atoms with Gasteiger partial charge in [-0.25, -0.2) is 0 Å². The van der Waals surface area contributed by atoms with E-state index in [4.69, 9.17) is 4.74 Å². The first-order valence-corrected chi connectivity index (χ1v) is 9.05. The number of carbonyl (C=O) groups excluding carboxylic acids is 1. The van der Waals surface area contributed by atoms with E-state index in [0.717, 1.165) is 62.4 Å². The molecule has 0 saturated carbocycles. The lowest BCUT2D eigenvalue weighted by Gasteiger charge is -2.31. The number of H-pyrrole nitrogens is 1. The Morgan fingerprint density at radius 3 is 2.84 bits per heavy atom. The number of fused-ring (bicyclic) bond motifs is 1. The van der Waals surface area contributed by atoms with Gasteiger partial charge in [0.1, 0.15) is 5.75 Å². The Hall–Kier alpha value is -2.34. The summed E-state index contributed by atoms with van der Waals surface area (Å²) < 4.78 is 5.86. The number of nitrogens with zero attached hydrogens (tertiary/aromatic N) is 2. The lowest BCUT2D eigenvalue weighted by atomic mass is 9.97. The van der Waals surface area contributed by atoms with Crippen LogP contribution in [0, 0.1) is 5.92 Å². The van der Waals surface area contributed by atoms with E-state index < -0.39 is 0 Å². The molecular formula is C19H24N4O2. The number of hydrogen-bond acceptors (Lipinski definition) is 4. The third kappa shape index (κ3) is 3.54. The van der Waals surface area contributed by atoms with Crippen LogP contribution in [0.2, 0.25) is 0 Å². The van der Waals surface area contributed by atoms with Gasteiger partial charge in [0.25, 0.3) is 5.91 Å². The fourth-order valence-electron chi connectivity index (χ4n) is 3.59. The Morgan fingerprint density at radius 1 is 1.24 bits per heavy atom. The first-order valence-electron chi connectivity index (χ1n) is 9.05. The number of rotatable bonds is 4. The van der Waals surface area contributed by atoms with Crippen LogP contribution < -0.4 is 10.1 Å². The van der Waals surface area contributed by atoms with Gasteiger partial charge in [-0.05, 0) is 30.9 Å². The van der Waals surface area contributed by atoms with Gasteiger partial charge in [-0.2, -0.15) is 5.10 Å². The van der Waals surface area contributed by atoms with Gasteiger partial charge in [-0.1, -0.05) is 18.2 Å². The molecule has 0 unspecified atom stereocenters. The minimum Gasteiger partial charge on any atom is -0.493 e. The molecule has 6 nitrogen and oxygen atoms in total. The van der Waals surface area contributed by atoms with Crippen molar-refractivity contribution in [3.63, 3.8) is 0 Å². The molecule has 1 saturated heterocycles. The van der Waals surface area contributed by atoms with Gasteiger partial charge >= 0.3 is 0 Å². The first kappa shape index (κ1) is 16.1. The number of aromatic nitrogens is 2. The van der Waals surface area contributed by atoms with Crippen molar-refractivity contribution >= 4 is 5.91 Å². The average molecular weight is 340 g/mol. The quantitative estimate of drug-likeness (QED) is 0.893. The summed E-state index contributed by atoms with van der Waals surface area (Å²) in [6, 6.07) is 9.91. The number of likely N-dealkylation sites (tertiary alicyclic amines) is 1. The molecule has 2 N–H and O–H groups in total. The number of nitrogens with one attached hydrogen (secondary N) is 2. The number of benzene rings is 1. The predicted molar refractivity (Wildman–Crippen MR) is 94.6 cm³/mol. The maximum absolute atomic E-state index is 12.8. The van der Waals surface area contributed by atoms with E-state index in [9.17, 15) is 4.79 Å². The molecule has 2 aliphatic rings. The number of para-hydroxylation sites is 1. The molecule has 1 aromatic heterocycles. The SMILES string of the molecule is O=C(c1n[nH]c2c1CNCC2)N1CCC(COc2ccccc2)CC1. The summed E-state index contributed by atoms with van der Waals surface area (Å²) in [5, 5.41) is 10.6. The molecule has 2 aromatic rings. The highest BCUT2D eigenvalue weighted by Gasteiger charge is 2.28. The molecule has 3 heterocycles. The Bertz CT molecular complexity index is 720. The highest BCUT2D eigenvalue weighted by Crippen LogP contribution is 2.23. The van der Waals surface area contributed by atoms with Gasteiger partial charge < -0.3 is 15.0 Å². The molecule has 0 bridgehead atoms. The average Bonchev–Trinajstić information content (AvgIpc) is 3.11. The predicted octanol–water partition coefficient (Wildman–Crippen LogP) is 1.99. The molecule has 6 heteroatoms. The maximum atomic E-state index is 12.8. The van der Waals surface area contributed by atoms with Gasteiger partial charge in [-0.15, -0.1) is 0 Å². The zero-order chi connectivity index (χ0) is 17.1. The van der Waals surface area contributed by atoms with E-state index in [2.05, 4.69) is 15.5 Å². The van der Waals surface area contributed by atoms with Crippen LogP contribution in [0.15, 0.2) is 30.3 Å². The second-order valence-electron chi connectivity index (χ2n) is 6.82. The van der Waals surface area contributed by atoms with Crippen molar-refractivity contribution in [3.05, 3.63) is 47.3 Å². The molecule has 0 aliphatic carbocycles. The molecule has 132 valence electrons. The smallest absolute Gasteiger partial charge is 0.274 e. The topological polar surface area (TPSA) is 70.2 Å². The standard InChI is InChI=1S/C19H24N4O2/c24-19(18-16-12-20-9-6-17(16)21-22-18)23-10-7-14(8-11-23)13-25-15-4-2-1-3-5-15/h1-5,14,20H,6-13H2,(H,21,22). The number of ether oxygens (including phenoxy) is 1. The summed E-state index contributed by atoms with van der Waals surface area (Å²) in [4.78, 5) is 14.7. The fourth-order valence-corrected chi connectivity index (χ4v) is 3.59. The normalized spacial score (nSPS) is 18.0. The molecule has 2 aliphatic heterocycles. The molecule has 4 rings (SSSR count). The van der Waals surface area contributed by atoms with Crippen molar-refractivity contribution in [1.82, 2.24) is 20.4 Å². The Kier molecular flexibility index (Phi) is 4.70. The van der Waals surface area contributed by atoms with Crippen LogP contribution in [0.1, 0.15) is 34.6 Å². The van der Waals surface area contributed by atoms with Crippen LogP contribution >= 0.6 is 0 Å². The van der Waals surface area contributed by atoms with Crippen molar-refractivity contribution in [2.24, 2.45) is 5.92 Å². The van der Waals surface area contributed by atoms with Gasteiger partial charge in [0, 0.05) is 43.9 Å². The Balaban J connectivity index is 1.31. The number of carbonyl (C=O) groups is 1. The Morgan fingerprint density at radius 2 is 2.04 bits per heavy atom. The third-order valence-corrected chi connectivity index (χ3v) is 5.14. The lowest BCUT2D eigenvalue weighted by Crippen LogP contribution is -2.40. The second kappa shape index (κ2) is 7.27. The molecule has 25 heavy (non-hydrogen) atoms. The van der Waals surface area contributed by atoms with Crippen molar-refractivity contribution in [2.75, 3.05) is 26.2 Å². The summed E-state index contributed by atoms with van der Waals surface area (Å²) in [5.41, 5.74) is 2.75. The second-order valence-corrected chi connectivity index (χ2v) is 6.82. The number of aromatic amines is 1. The molecular weight excluding hydrogens is 316 g/mol. The van der Waals surface area contributed by atoms with E-state index in [1.54, 1.807) is 0 Å². The van der Waals surface area contributed by atoms with E-state index in [0.29, 0.717) is 18.2 Å². The van der Waals surface area contributed by atoms with Crippen LogP contribution in [-0.2, 0) is 13.0 Å². The van der Waals surface area contributed by atoms with Crippen LogP contribution in [0.4, 0.5) is 0 Å².